The Morgan fingerprint density at radius 3 is 2.87 bits per heavy atom. The average molecular weight is 397 g/mol. The Bertz CT molecular complexity index is 1330. The lowest BCUT2D eigenvalue weighted by molar-refractivity contribution is 0.0951. The third-order valence-corrected chi connectivity index (χ3v) is 4.96. The number of rotatable bonds is 3. The maximum atomic E-state index is 12.3. The number of nitrogen functional groups attached to an aromatic ring is 1. The molecular formula is C22H19N7O. The van der Waals surface area contributed by atoms with Gasteiger partial charge in [-0.2, -0.15) is 5.10 Å². The molecule has 3 heterocycles. The fourth-order valence-corrected chi connectivity index (χ4v) is 3.28. The molecule has 1 fully saturated rings. The summed E-state index contributed by atoms with van der Waals surface area (Å²) in [5.74, 6) is 6.61. The fraction of sp³-hybridized carbons (Fsp3) is 0.182. The number of hydrogen-bond donors (Lipinski definition) is 2. The van der Waals surface area contributed by atoms with Gasteiger partial charge in [-0.05, 0) is 31.0 Å². The van der Waals surface area contributed by atoms with Crippen LogP contribution in [0, 0.1) is 11.8 Å². The Labute approximate surface area is 172 Å². The van der Waals surface area contributed by atoms with E-state index in [9.17, 15) is 4.79 Å². The van der Waals surface area contributed by atoms with Crippen molar-refractivity contribution in [3.05, 3.63) is 65.9 Å². The first-order valence-electron chi connectivity index (χ1n) is 9.62. The summed E-state index contributed by atoms with van der Waals surface area (Å²) < 4.78 is 3.61. The normalized spacial score (nSPS) is 13.1. The number of carbonyl (C=O) groups excluding carboxylic acids is 1. The molecule has 0 unspecified atom stereocenters. The summed E-state index contributed by atoms with van der Waals surface area (Å²) >= 11 is 0. The summed E-state index contributed by atoms with van der Waals surface area (Å²) in [6.45, 7) is 0. The Hall–Kier alpha value is -4.12. The Kier molecular flexibility index (Phi) is 4.21. The monoisotopic (exact) mass is 397 g/mol. The van der Waals surface area contributed by atoms with Gasteiger partial charge in [0.25, 0.3) is 5.91 Å². The number of anilines is 1. The number of nitrogens with zero attached hydrogens (tertiary/aromatic N) is 5. The zero-order valence-corrected chi connectivity index (χ0v) is 16.3. The number of hydrogen-bond acceptors (Lipinski definition) is 5. The summed E-state index contributed by atoms with van der Waals surface area (Å²) in [6.07, 6.45) is 9.05. The molecule has 1 aromatic carbocycles. The van der Waals surface area contributed by atoms with Gasteiger partial charge in [0.1, 0.15) is 12.1 Å². The van der Waals surface area contributed by atoms with Crippen LogP contribution < -0.4 is 11.1 Å². The van der Waals surface area contributed by atoms with Gasteiger partial charge in [0.2, 0.25) is 0 Å². The van der Waals surface area contributed by atoms with Crippen LogP contribution in [-0.4, -0.2) is 36.3 Å². The van der Waals surface area contributed by atoms with Gasteiger partial charge in [0.15, 0.2) is 5.65 Å². The summed E-state index contributed by atoms with van der Waals surface area (Å²) in [6, 6.07) is 7.62. The minimum absolute atomic E-state index is 0.0630. The molecule has 148 valence electrons. The van der Waals surface area contributed by atoms with Crippen molar-refractivity contribution in [3.8, 4) is 17.5 Å². The van der Waals surface area contributed by atoms with E-state index in [1.165, 1.54) is 6.33 Å². The summed E-state index contributed by atoms with van der Waals surface area (Å²) in [7, 11) is 1.85. The molecule has 0 saturated heterocycles. The molecule has 4 aromatic rings. The van der Waals surface area contributed by atoms with Gasteiger partial charge in [-0.3, -0.25) is 14.0 Å². The number of benzene rings is 1. The Morgan fingerprint density at radius 1 is 1.23 bits per heavy atom. The molecule has 5 rings (SSSR count). The highest BCUT2D eigenvalue weighted by Gasteiger charge is 2.23. The molecule has 0 radical (unpaired) electrons. The summed E-state index contributed by atoms with van der Waals surface area (Å²) in [4.78, 5) is 20.8. The second kappa shape index (κ2) is 7.04. The molecule has 3 N–H and O–H groups in total. The minimum Gasteiger partial charge on any atom is -0.383 e. The van der Waals surface area contributed by atoms with Crippen LogP contribution in [0.3, 0.4) is 0 Å². The molecule has 1 amide bonds. The van der Waals surface area contributed by atoms with Crippen molar-refractivity contribution >= 4 is 22.8 Å². The van der Waals surface area contributed by atoms with Crippen LogP contribution >= 0.6 is 0 Å². The number of nitrogens with one attached hydrogen (secondary N) is 1. The van der Waals surface area contributed by atoms with Crippen molar-refractivity contribution in [2.45, 2.75) is 18.9 Å². The molecule has 30 heavy (non-hydrogen) atoms. The van der Waals surface area contributed by atoms with E-state index in [4.69, 9.17) is 5.73 Å². The van der Waals surface area contributed by atoms with Gasteiger partial charge in [-0.25, -0.2) is 9.97 Å². The third kappa shape index (κ3) is 3.37. The summed E-state index contributed by atoms with van der Waals surface area (Å²) in [5, 5.41) is 7.91. The van der Waals surface area contributed by atoms with E-state index in [-0.39, 0.29) is 5.91 Å². The lowest BCUT2D eigenvalue weighted by Crippen LogP contribution is -2.25. The highest BCUT2D eigenvalue weighted by atomic mass is 16.1. The largest absolute Gasteiger partial charge is 0.383 e. The lowest BCUT2D eigenvalue weighted by Gasteiger charge is -2.03. The van der Waals surface area contributed by atoms with Crippen molar-refractivity contribution in [1.29, 1.82) is 0 Å². The first-order chi connectivity index (χ1) is 14.6. The van der Waals surface area contributed by atoms with E-state index < -0.39 is 0 Å². The van der Waals surface area contributed by atoms with Crippen LogP contribution in [0.25, 0.3) is 16.7 Å². The minimum atomic E-state index is -0.0630. The number of amides is 1. The maximum Gasteiger partial charge on any atom is 0.251 e. The van der Waals surface area contributed by atoms with Crippen LogP contribution in [0.15, 0.2) is 49.2 Å². The van der Waals surface area contributed by atoms with E-state index in [1.54, 1.807) is 23.0 Å². The molecule has 3 aromatic heterocycles. The third-order valence-electron chi connectivity index (χ3n) is 4.96. The molecule has 0 bridgehead atoms. The molecule has 1 aliphatic rings. The van der Waals surface area contributed by atoms with Gasteiger partial charge in [0.05, 0.1) is 22.8 Å². The van der Waals surface area contributed by atoms with E-state index in [2.05, 4.69) is 32.2 Å². The smallest absolute Gasteiger partial charge is 0.251 e. The van der Waals surface area contributed by atoms with E-state index >= 15 is 0 Å². The molecule has 8 heteroatoms. The van der Waals surface area contributed by atoms with Crippen molar-refractivity contribution in [2.75, 3.05) is 5.73 Å². The molecule has 0 aliphatic heterocycles. The van der Waals surface area contributed by atoms with Crippen LogP contribution in [0.5, 0.6) is 0 Å². The van der Waals surface area contributed by atoms with Gasteiger partial charge < -0.3 is 11.1 Å². The van der Waals surface area contributed by atoms with E-state index in [1.807, 2.05) is 36.1 Å². The van der Waals surface area contributed by atoms with Crippen molar-refractivity contribution < 1.29 is 4.79 Å². The quantitative estimate of drug-likeness (QED) is 0.515. The SMILES string of the molecule is Cn1cc(-n2cc(C#Cc3cccc(C(=O)NC4CC4)c3)c3c(N)ncnc32)cn1. The topological polar surface area (TPSA) is 104 Å². The number of aryl methyl sites for hydroxylation is 1. The average Bonchev–Trinajstić information content (AvgIpc) is 3.32. The highest BCUT2D eigenvalue weighted by molar-refractivity contribution is 5.95. The number of fused-ring (bicyclic) bond motifs is 1. The van der Waals surface area contributed by atoms with Crippen LogP contribution in [0.2, 0.25) is 0 Å². The highest BCUT2D eigenvalue weighted by Crippen LogP contribution is 2.26. The maximum absolute atomic E-state index is 12.3. The molecule has 1 aliphatic carbocycles. The number of aromatic nitrogens is 5. The molecule has 0 atom stereocenters. The molecular weight excluding hydrogens is 378 g/mol. The first-order valence-corrected chi connectivity index (χ1v) is 9.62. The second-order valence-corrected chi connectivity index (χ2v) is 7.32. The molecule has 1 saturated carbocycles. The van der Waals surface area contributed by atoms with Gasteiger partial charge in [0, 0.05) is 36.6 Å². The number of carbonyl (C=O) groups is 1. The zero-order chi connectivity index (χ0) is 20.7. The fourth-order valence-electron chi connectivity index (χ4n) is 3.28. The second-order valence-electron chi connectivity index (χ2n) is 7.32. The zero-order valence-electron chi connectivity index (χ0n) is 16.3. The van der Waals surface area contributed by atoms with Crippen molar-refractivity contribution in [3.63, 3.8) is 0 Å². The van der Waals surface area contributed by atoms with Crippen LogP contribution in [-0.2, 0) is 7.05 Å². The van der Waals surface area contributed by atoms with Crippen molar-refractivity contribution in [1.82, 2.24) is 29.6 Å². The van der Waals surface area contributed by atoms with E-state index in [0.717, 1.165) is 24.1 Å². The van der Waals surface area contributed by atoms with Gasteiger partial charge >= 0.3 is 0 Å². The van der Waals surface area contributed by atoms with Crippen LogP contribution in [0.1, 0.15) is 34.3 Å². The number of nitrogens with two attached hydrogens (primary N) is 1. The molecule has 0 spiro atoms. The predicted molar refractivity (Wildman–Crippen MR) is 113 cm³/mol. The van der Waals surface area contributed by atoms with E-state index in [0.29, 0.717) is 34.0 Å². The first kappa shape index (κ1) is 17.9. The molecule has 8 nitrogen and oxygen atoms in total. The summed E-state index contributed by atoms with van der Waals surface area (Å²) in [5.41, 5.74) is 9.71. The van der Waals surface area contributed by atoms with Gasteiger partial charge in [-0.15, -0.1) is 0 Å². The Morgan fingerprint density at radius 2 is 2.10 bits per heavy atom. The van der Waals surface area contributed by atoms with Crippen molar-refractivity contribution in [2.24, 2.45) is 7.05 Å². The lowest BCUT2D eigenvalue weighted by atomic mass is 10.1. The van der Waals surface area contributed by atoms with Gasteiger partial charge in [-0.1, -0.05) is 17.9 Å². The Balaban J connectivity index is 1.54. The predicted octanol–water partition coefficient (Wildman–Crippen LogP) is 2.03. The van der Waals surface area contributed by atoms with Crippen LogP contribution in [0.4, 0.5) is 5.82 Å². The standard InChI is InChI=1S/C22H19N7O/c1-28-12-18(10-26-28)29-11-16(19-20(23)24-13-25-21(19)29)6-5-14-3-2-4-15(9-14)22(30)27-17-7-8-17/h2-4,9-13,17H,7-8H2,1H3,(H,27,30)(H2,23,24,25).